The fourth-order valence-electron chi connectivity index (χ4n) is 2.68. The van der Waals surface area contributed by atoms with E-state index in [1.165, 1.54) is 6.07 Å². The number of hydrogen-bond acceptors (Lipinski definition) is 5. The van der Waals surface area contributed by atoms with Crippen molar-refractivity contribution in [1.29, 1.82) is 0 Å². The highest BCUT2D eigenvalue weighted by Crippen LogP contribution is 2.23. The molecule has 3 rings (SSSR count). The fourth-order valence-corrected chi connectivity index (χ4v) is 2.81. The van der Waals surface area contributed by atoms with Gasteiger partial charge in [0.05, 0.1) is 11.6 Å². The fraction of sp³-hybridized carbons (Fsp3) is 0.190. The van der Waals surface area contributed by atoms with Gasteiger partial charge in [-0.2, -0.15) is 0 Å². The number of carbonyl (C=O) groups is 1. The number of benzene rings is 2. The molecule has 1 amide bonds. The van der Waals surface area contributed by atoms with Crippen LogP contribution in [0, 0.1) is 10.1 Å². The predicted octanol–water partition coefficient (Wildman–Crippen LogP) is 5.09. The number of rotatable bonds is 7. The van der Waals surface area contributed by atoms with Crippen molar-refractivity contribution in [3.8, 4) is 5.75 Å². The summed E-state index contributed by atoms with van der Waals surface area (Å²) >= 11 is 5.86. The minimum absolute atomic E-state index is 0.113. The number of furan rings is 1. The second kappa shape index (κ2) is 8.36. The van der Waals surface area contributed by atoms with Gasteiger partial charge in [-0.15, -0.1) is 0 Å². The van der Waals surface area contributed by atoms with Gasteiger partial charge in [0.1, 0.15) is 17.3 Å². The smallest absolute Gasteiger partial charge is 0.433 e. The van der Waals surface area contributed by atoms with Crippen LogP contribution in [0.4, 0.5) is 5.88 Å². The molecule has 0 atom stereocenters. The minimum Gasteiger partial charge on any atom is -0.489 e. The summed E-state index contributed by atoms with van der Waals surface area (Å²) in [6.45, 7) is 4.06. The van der Waals surface area contributed by atoms with Crippen molar-refractivity contribution >= 4 is 23.4 Å². The lowest BCUT2D eigenvalue weighted by molar-refractivity contribution is -0.402. The summed E-state index contributed by atoms with van der Waals surface area (Å²) in [7, 11) is 0. The van der Waals surface area contributed by atoms with E-state index in [9.17, 15) is 14.9 Å². The van der Waals surface area contributed by atoms with Crippen LogP contribution in [0.25, 0.3) is 0 Å². The Morgan fingerprint density at radius 2 is 1.76 bits per heavy atom. The van der Waals surface area contributed by atoms with Crippen LogP contribution >= 0.6 is 11.6 Å². The molecule has 0 saturated carbocycles. The average molecular weight is 415 g/mol. The zero-order valence-corrected chi connectivity index (χ0v) is 16.6. The minimum atomic E-state index is -0.714. The number of halogens is 1. The summed E-state index contributed by atoms with van der Waals surface area (Å²) in [5.74, 6) is -0.396. The Labute approximate surface area is 172 Å². The zero-order chi connectivity index (χ0) is 21.0. The second-order valence-corrected chi connectivity index (χ2v) is 7.35. The van der Waals surface area contributed by atoms with E-state index in [0.29, 0.717) is 11.6 Å². The molecule has 150 valence electrons. The van der Waals surface area contributed by atoms with Gasteiger partial charge in [0.15, 0.2) is 5.76 Å². The molecular formula is C21H19ClN2O5. The maximum Gasteiger partial charge on any atom is 0.433 e. The van der Waals surface area contributed by atoms with Gasteiger partial charge in [-0.05, 0) is 55.3 Å². The van der Waals surface area contributed by atoms with Crippen molar-refractivity contribution in [3.63, 3.8) is 0 Å². The molecule has 0 aliphatic rings. The van der Waals surface area contributed by atoms with Gasteiger partial charge >= 0.3 is 5.88 Å². The third-order valence-electron chi connectivity index (χ3n) is 4.32. The summed E-state index contributed by atoms with van der Waals surface area (Å²) in [5.41, 5.74) is 1.11. The van der Waals surface area contributed by atoms with Crippen LogP contribution in [0.3, 0.4) is 0 Å². The molecule has 0 aliphatic heterocycles. The highest BCUT2D eigenvalue weighted by atomic mass is 35.5. The lowest BCUT2D eigenvalue weighted by Crippen LogP contribution is -2.40. The van der Waals surface area contributed by atoms with Gasteiger partial charge in [-0.25, -0.2) is 0 Å². The van der Waals surface area contributed by atoms with Crippen LogP contribution in [0.1, 0.15) is 35.5 Å². The number of nitro groups is 1. The van der Waals surface area contributed by atoms with Crippen molar-refractivity contribution in [2.75, 3.05) is 0 Å². The number of amides is 1. The highest BCUT2D eigenvalue weighted by Gasteiger charge is 2.26. The highest BCUT2D eigenvalue weighted by molar-refractivity contribution is 6.30. The molecule has 0 bridgehead atoms. The summed E-state index contributed by atoms with van der Waals surface area (Å²) in [4.78, 5) is 22.4. The topological polar surface area (TPSA) is 94.6 Å². The van der Waals surface area contributed by atoms with Crippen LogP contribution in [0.5, 0.6) is 5.75 Å². The van der Waals surface area contributed by atoms with E-state index >= 15 is 0 Å². The van der Waals surface area contributed by atoms with Crippen LogP contribution in [0.2, 0.25) is 5.02 Å². The predicted molar refractivity (Wildman–Crippen MR) is 108 cm³/mol. The molecule has 0 radical (unpaired) electrons. The SMILES string of the molecule is CC(C)(NC(=O)c1ccc([N+](=O)[O-])o1)c1ccc(COc2ccc(Cl)cc2)cc1. The number of nitrogens with one attached hydrogen (secondary N) is 1. The van der Waals surface area contributed by atoms with Gasteiger partial charge < -0.3 is 14.5 Å². The Balaban J connectivity index is 1.63. The molecule has 0 aliphatic carbocycles. The quantitative estimate of drug-likeness (QED) is 0.429. The first-order valence-electron chi connectivity index (χ1n) is 8.79. The van der Waals surface area contributed by atoms with Crippen molar-refractivity contribution in [3.05, 3.63) is 92.7 Å². The first kappa shape index (κ1) is 20.4. The molecule has 29 heavy (non-hydrogen) atoms. The third-order valence-corrected chi connectivity index (χ3v) is 4.57. The molecule has 3 aromatic rings. The Morgan fingerprint density at radius 3 is 2.34 bits per heavy atom. The molecule has 0 spiro atoms. The molecule has 1 heterocycles. The lowest BCUT2D eigenvalue weighted by atomic mass is 9.93. The van der Waals surface area contributed by atoms with Gasteiger partial charge in [-0.1, -0.05) is 35.9 Å². The zero-order valence-electron chi connectivity index (χ0n) is 15.8. The van der Waals surface area contributed by atoms with Gasteiger partial charge in [0, 0.05) is 5.02 Å². The number of ether oxygens (including phenoxy) is 1. The van der Waals surface area contributed by atoms with Crippen LogP contribution in [-0.2, 0) is 12.1 Å². The van der Waals surface area contributed by atoms with Gasteiger partial charge in [0.25, 0.3) is 5.91 Å². The normalized spacial score (nSPS) is 11.1. The molecule has 0 fully saturated rings. The first-order valence-corrected chi connectivity index (χ1v) is 9.17. The van der Waals surface area contributed by atoms with E-state index in [-0.39, 0.29) is 5.76 Å². The number of hydrogen-bond donors (Lipinski definition) is 1. The van der Waals surface area contributed by atoms with E-state index in [1.807, 2.05) is 38.1 Å². The van der Waals surface area contributed by atoms with E-state index in [4.69, 9.17) is 20.8 Å². The summed E-state index contributed by atoms with van der Waals surface area (Å²) in [5, 5.41) is 14.2. The van der Waals surface area contributed by atoms with Crippen LogP contribution in [-0.4, -0.2) is 10.8 Å². The maximum atomic E-state index is 12.4. The van der Waals surface area contributed by atoms with Crippen molar-refractivity contribution in [2.45, 2.75) is 26.0 Å². The Morgan fingerprint density at radius 1 is 1.10 bits per heavy atom. The van der Waals surface area contributed by atoms with Crippen LogP contribution < -0.4 is 10.1 Å². The van der Waals surface area contributed by atoms with Gasteiger partial charge in [-0.3, -0.25) is 14.9 Å². The van der Waals surface area contributed by atoms with Gasteiger partial charge in [0.2, 0.25) is 0 Å². The summed E-state index contributed by atoms with van der Waals surface area (Å²) in [6.07, 6.45) is 0. The average Bonchev–Trinajstić information content (AvgIpc) is 3.18. The van der Waals surface area contributed by atoms with E-state index in [2.05, 4.69) is 5.32 Å². The summed E-state index contributed by atoms with van der Waals surface area (Å²) < 4.78 is 10.7. The first-order chi connectivity index (χ1) is 13.7. The third kappa shape index (κ3) is 5.14. The Bertz CT molecular complexity index is 1010. The van der Waals surface area contributed by atoms with Crippen molar-refractivity contribution in [2.24, 2.45) is 0 Å². The summed E-state index contributed by atoms with van der Waals surface area (Å²) in [6, 6.07) is 17.2. The molecule has 0 saturated heterocycles. The number of carbonyl (C=O) groups excluding carboxylic acids is 1. The molecule has 1 N–H and O–H groups in total. The van der Waals surface area contributed by atoms with E-state index in [1.54, 1.807) is 24.3 Å². The van der Waals surface area contributed by atoms with E-state index < -0.39 is 22.3 Å². The molecule has 2 aromatic carbocycles. The van der Waals surface area contributed by atoms with Crippen LogP contribution in [0.15, 0.2) is 65.1 Å². The molecular weight excluding hydrogens is 396 g/mol. The lowest BCUT2D eigenvalue weighted by Gasteiger charge is -2.26. The Hall–Kier alpha value is -3.32. The van der Waals surface area contributed by atoms with Crippen molar-refractivity contribution < 1.29 is 18.9 Å². The van der Waals surface area contributed by atoms with E-state index in [0.717, 1.165) is 22.9 Å². The molecule has 1 aromatic heterocycles. The molecule has 8 heteroatoms. The second-order valence-electron chi connectivity index (χ2n) is 6.91. The largest absolute Gasteiger partial charge is 0.489 e. The molecule has 0 unspecified atom stereocenters. The standard InChI is InChI=1S/C21H19ClN2O5/c1-21(2,23-20(25)18-11-12-19(29-18)24(26)27)15-5-3-14(4-6-15)13-28-17-9-7-16(22)8-10-17/h3-12H,13H2,1-2H3,(H,23,25). The Kier molecular flexibility index (Phi) is 5.89. The maximum absolute atomic E-state index is 12.4. The molecule has 7 nitrogen and oxygen atoms in total. The number of nitrogens with zero attached hydrogens (tertiary/aromatic N) is 1. The van der Waals surface area contributed by atoms with Crippen molar-refractivity contribution in [1.82, 2.24) is 5.32 Å². The monoisotopic (exact) mass is 414 g/mol.